The fourth-order valence-electron chi connectivity index (χ4n) is 0.622. The Balaban J connectivity index is 3.20. The first kappa shape index (κ1) is 8.20. The maximum absolute atomic E-state index is 12.2. The average molecular weight is 173 g/mol. The SMILES string of the molecule is CS(=O)(=O)c1[c]cc(F)cc1. The van der Waals surface area contributed by atoms with Gasteiger partial charge in [-0.15, -0.1) is 0 Å². The Hall–Kier alpha value is -0.900. The van der Waals surface area contributed by atoms with Crippen molar-refractivity contribution in [3.05, 3.63) is 30.1 Å². The lowest BCUT2D eigenvalue weighted by Gasteiger charge is -1.94. The van der Waals surface area contributed by atoms with E-state index >= 15 is 0 Å². The molecule has 0 aliphatic carbocycles. The van der Waals surface area contributed by atoms with Crippen LogP contribution in [-0.2, 0) is 9.84 Å². The molecule has 0 aromatic heterocycles. The molecule has 1 aromatic carbocycles. The van der Waals surface area contributed by atoms with Gasteiger partial charge in [-0.1, -0.05) is 0 Å². The van der Waals surface area contributed by atoms with E-state index in [1.807, 2.05) is 0 Å². The molecule has 1 aromatic rings. The first-order chi connectivity index (χ1) is 5.00. The smallest absolute Gasteiger partial charge is 0.176 e. The van der Waals surface area contributed by atoms with Crippen LogP contribution >= 0.6 is 0 Å². The Morgan fingerprint density at radius 1 is 1.45 bits per heavy atom. The molecule has 0 saturated heterocycles. The Morgan fingerprint density at radius 2 is 2.09 bits per heavy atom. The standard InChI is InChI=1S/C7H6FO2S/c1-11(9,10)7-4-2-6(8)3-5-7/h2-4H,1H3. The molecule has 59 valence electrons. The minimum absolute atomic E-state index is 0.0129. The summed E-state index contributed by atoms with van der Waals surface area (Å²) in [6.45, 7) is 0. The van der Waals surface area contributed by atoms with E-state index in [4.69, 9.17) is 0 Å². The first-order valence-electron chi connectivity index (χ1n) is 2.87. The maximum Gasteiger partial charge on any atom is 0.176 e. The van der Waals surface area contributed by atoms with Crippen molar-refractivity contribution in [2.75, 3.05) is 6.26 Å². The summed E-state index contributed by atoms with van der Waals surface area (Å²) >= 11 is 0. The van der Waals surface area contributed by atoms with Gasteiger partial charge in [0.05, 0.1) is 4.90 Å². The van der Waals surface area contributed by atoms with Crippen molar-refractivity contribution >= 4 is 9.84 Å². The first-order valence-corrected chi connectivity index (χ1v) is 4.76. The van der Waals surface area contributed by atoms with Crippen molar-refractivity contribution < 1.29 is 12.8 Å². The fourth-order valence-corrected chi connectivity index (χ4v) is 1.21. The summed E-state index contributed by atoms with van der Waals surface area (Å²) in [5.41, 5.74) is 0. The second-order valence-corrected chi connectivity index (χ2v) is 4.13. The summed E-state index contributed by atoms with van der Waals surface area (Å²) in [6, 6.07) is 5.59. The Kier molecular flexibility index (Phi) is 1.95. The van der Waals surface area contributed by atoms with Crippen LogP contribution in [0.2, 0.25) is 0 Å². The van der Waals surface area contributed by atoms with Gasteiger partial charge in [0.15, 0.2) is 9.84 Å². The zero-order chi connectivity index (χ0) is 8.48. The highest BCUT2D eigenvalue weighted by molar-refractivity contribution is 7.90. The van der Waals surface area contributed by atoms with Crippen LogP contribution < -0.4 is 0 Å². The summed E-state index contributed by atoms with van der Waals surface area (Å²) in [4.78, 5) is 0.0129. The van der Waals surface area contributed by atoms with Crippen LogP contribution in [0.15, 0.2) is 23.1 Å². The molecule has 0 bridgehead atoms. The van der Waals surface area contributed by atoms with Crippen molar-refractivity contribution in [2.45, 2.75) is 4.90 Å². The molecule has 0 aliphatic heterocycles. The highest BCUT2D eigenvalue weighted by Crippen LogP contribution is 2.07. The average Bonchev–Trinajstić information content (AvgIpc) is 1.86. The minimum Gasteiger partial charge on any atom is -0.224 e. The van der Waals surface area contributed by atoms with Crippen molar-refractivity contribution in [3.8, 4) is 0 Å². The topological polar surface area (TPSA) is 34.1 Å². The third-order valence-corrected chi connectivity index (χ3v) is 2.20. The van der Waals surface area contributed by atoms with E-state index in [-0.39, 0.29) is 4.90 Å². The molecule has 0 atom stereocenters. The van der Waals surface area contributed by atoms with E-state index in [1.54, 1.807) is 0 Å². The number of hydrogen-bond donors (Lipinski definition) is 0. The number of rotatable bonds is 1. The van der Waals surface area contributed by atoms with E-state index < -0.39 is 15.7 Å². The van der Waals surface area contributed by atoms with Gasteiger partial charge in [-0.05, 0) is 18.2 Å². The van der Waals surface area contributed by atoms with Crippen LogP contribution in [0.3, 0.4) is 0 Å². The van der Waals surface area contributed by atoms with Gasteiger partial charge >= 0.3 is 0 Å². The van der Waals surface area contributed by atoms with Crippen molar-refractivity contribution in [1.29, 1.82) is 0 Å². The molecule has 2 nitrogen and oxygen atoms in total. The van der Waals surface area contributed by atoms with Gasteiger partial charge < -0.3 is 0 Å². The largest absolute Gasteiger partial charge is 0.224 e. The second-order valence-electron chi connectivity index (χ2n) is 2.14. The lowest BCUT2D eigenvalue weighted by Crippen LogP contribution is -1.96. The molecular weight excluding hydrogens is 167 g/mol. The Bertz CT molecular complexity index is 339. The monoisotopic (exact) mass is 173 g/mol. The molecule has 11 heavy (non-hydrogen) atoms. The fraction of sp³-hybridized carbons (Fsp3) is 0.143. The molecule has 0 spiro atoms. The van der Waals surface area contributed by atoms with Crippen LogP contribution in [0, 0.1) is 11.9 Å². The van der Waals surface area contributed by atoms with Crippen LogP contribution in [0.4, 0.5) is 4.39 Å². The summed E-state index contributed by atoms with van der Waals surface area (Å²) < 4.78 is 33.8. The molecule has 1 rings (SSSR count). The molecule has 0 N–H and O–H groups in total. The molecule has 0 aliphatic rings. The third kappa shape index (κ3) is 2.01. The van der Waals surface area contributed by atoms with Crippen LogP contribution in [-0.4, -0.2) is 14.7 Å². The normalized spacial score (nSPS) is 11.5. The molecule has 1 radical (unpaired) electrons. The predicted octanol–water partition coefficient (Wildman–Crippen LogP) is 1.03. The third-order valence-electron chi connectivity index (χ3n) is 1.15. The summed E-state index contributed by atoms with van der Waals surface area (Å²) in [7, 11) is -3.24. The molecule has 0 unspecified atom stereocenters. The van der Waals surface area contributed by atoms with Gasteiger partial charge in [-0.3, -0.25) is 0 Å². The zero-order valence-electron chi connectivity index (χ0n) is 5.83. The maximum atomic E-state index is 12.2. The van der Waals surface area contributed by atoms with Gasteiger partial charge in [0, 0.05) is 12.3 Å². The lowest BCUT2D eigenvalue weighted by molar-refractivity contribution is 0.600. The molecular formula is C7H6FO2S. The lowest BCUT2D eigenvalue weighted by atomic mass is 10.4. The van der Waals surface area contributed by atoms with E-state index in [1.165, 1.54) is 6.07 Å². The van der Waals surface area contributed by atoms with E-state index in [0.717, 1.165) is 18.4 Å². The highest BCUT2D eigenvalue weighted by Gasteiger charge is 2.05. The zero-order valence-corrected chi connectivity index (χ0v) is 6.65. The van der Waals surface area contributed by atoms with E-state index in [2.05, 4.69) is 6.07 Å². The van der Waals surface area contributed by atoms with Gasteiger partial charge in [0.2, 0.25) is 0 Å². The van der Waals surface area contributed by atoms with Gasteiger partial charge in [0.25, 0.3) is 0 Å². The Morgan fingerprint density at radius 3 is 2.45 bits per heavy atom. The quantitative estimate of drug-likeness (QED) is 0.594. The van der Waals surface area contributed by atoms with Gasteiger partial charge in [-0.25, -0.2) is 12.8 Å². The van der Waals surface area contributed by atoms with E-state index in [0.29, 0.717) is 0 Å². The molecule has 0 amide bonds. The molecule has 0 heterocycles. The second kappa shape index (κ2) is 2.62. The van der Waals surface area contributed by atoms with Crippen LogP contribution in [0.1, 0.15) is 0 Å². The van der Waals surface area contributed by atoms with Crippen LogP contribution in [0.25, 0.3) is 0 Å². The highest BCUT2D eigenvalue weighted by atomic mass is 32.2. The number of halogens is 1. The Labute approximate surface area is 64.6 Å². The number of benzene rings is 1. The van der Waals surface area contributed by atoms with Crippen molar-refractivity contribution in [2.24, 2.45) is 0 Å². The summed E-state index contributed by atoms with van der Waals surface area (Å²) in [6.07, 6.45) is 1.05. The molecule has 0 saturated carbocycles. The summed E-state index contributed by atoms with van der Waals surface area (Å²) in [5, 5.41) is 0. The predicted molar refractivity (Wildman–Crippen MR) is 38.3 cm³/mol. The summed E-state index contributed by atoms with van der Waals surface area (Å²) in [5.74, 6) is -0.489. The van der Waals surface area contributed by atoms with Gasteiger partial charge in [-0.2, -0.15) is 0 Å². The number of sulfone groups is 1. The van der Waals surface area contributed by atoms with Crippen molar-refractivity contribution in [3.63, 3.8) is 0 Å². The molecule has 4 heteroatoms. The number of hydrogen-bond acceptors (Lipinski definition) is 2. The van der Waals surface area contributed by atoms with Crippen molar-refractivity contribution in [1.82, 2.24) is 0 Å². The minimum atomic E-state index is -3.24. The van der Waals surface area contributed by atoms with E-state index in [9.17, 15) is 12.8 Å². The van der Waals surface area contributed by atoms with Crippen LogP contribution in [0.5, 0.6) is 0 Å². The molecule has 0 fully saturated rings. The van der Waals surface area contributed by atoms with Gasteiger partial charge in [0.1, 0.15) is 5.82 Å².